The molecule has 0 unspecified atom stereocenters. The molecule has 3 heterocycles. The van der Waals surface area contributed by atoms with E-state index in [0.29, 0.717) is 28.3 Å². The van der Waals surface area contributed by atoms with Gasteiger partial charge in [0.25, 0.3) is 5.56 Å². The summed E-state index contributed by atoms with van der Waals surface area (Å²) in [6, 6.07) is 14.3. The summed E-state index contributed by atoms with van der Waals surface area (Å²) in [7, 11) is 1.67. The van der Waals surface area contributed by atoms with Crippen LogP contribution in [0, 0.1) is 0 Å². The minimum atomic E-state index is -0.371. The van der Waals surface area contributed by atoms with Crippen LogP contribution in [-0.4, -0.2) is 19.2 Å². The lowest BCUT2D eigenvalue weighted by Gasteiger charge is -2.10. The highest BCUT2D eigenvalue weighted by Crippen LogP contribution is 2.24. The molecule has 0 aliphatic heterocycles. The average Bonchev–Trinajstić information content (AvgIpc) is 3.20. The number of rotatable bonds is 5. The van der Waals surface area contributed by atoms with Gasteiger partial charge in [-0.3, -0.25) is 13.8 Å². The van der Waals surface area contributed by atoms with Crippen molar-refractivity contribution in [3.63, 3.8) is 0 Å². The van der Waals surface area contributed by atoms with Crippen molar-refractivity contribution in [2.75, 3.05) is 0 Å². The zero-order valence-electron chi connectivity index (χ0n) is 17.2. The summed E-state index contributed by atoms with van der Waals surface area (Å²) in [6.07, 6.45) is 1.74. The Labute approximate surface area is 176 Å². The van der Waals surface area contributed by atoms with Crippen molar-refractivity contribution < 1.29 is 9.15 Å². The molecule has 0 radical (unpaired) electrons. The smallest absolute Gasteiger partial charge is 0.336 e. The average molecular weight is 416 g/mol. The highest BCUT2D eigenvalue weighted by Gasteiger charge is 2.15. The highest BCUT2D eigenvalue weighted by molar-refractivity contribution is 5.82. The molecule has 0 fully saturated rings. The Kier molecular flexibility index (Phi) is 4.54. The van der Waals surface area contributed by atoms with Crippen LogP contribution in [0.2, 0.25) is 0 Å². The van der Waals surface area contributed by atoms with E-state index in [1.54, 1.807) is 25.2 Å². The molecule has 0 saturated carbocycles. The fourth-order valence-electron chi connectivity index (χ4n) is 3.91. The van der Waals surface area contributed by atoms with E-state index in [0.717, 1.165) is 29.3 Å². The zero-order chi connectivity index (χ0) is 21.5. The van der Waals surface area contributed by atoms with E-state index >= 15 is 0 Å². The van der Waals surface area contributed by atoms with Gasteiger partial charge in [0, 0.05) is 24.6 Å². The third-order valence-electron chi connectivity index (χ3n) is 5.38. The maximum atomic E-state index is 12.6. The third-order valence-corrected chi connectivity index (χ3v) is 5.38. The number of hydrogen-bond donors (Lipinski definition) is 0. The lowest BCUT2D eigenvalue weighted by Crippen LogP contribution is -2.20. The van der Waals surface area contributed by atoms with Gasteiger partial charge >= 0.3 is 5.63 Å². The number of hydrogen-bond acceptors (Lipinski definition) is 6. The molecule has 5 rings (SSSR count). The monoisotopic (exact) mass is 416 g/mol. The van der Waals surface area contributed by atoms with E-state index in [4.69, 9.17) is 9.15 Å². The largest absolute Gasteiger partial charge is 0.485 e. The molecule has 0 spiro atoms. The Morgan fingerprint density at radius 1 is 1.03 bits per heavy atom. The van der Waals surface area contributed by atoms with E-state index in [2.05, 4.69) is 17.1 Å². The SMILES string of the molecule is CCCc1cc(=O)oc2cc(OCc3nnc4n(C)c(=O)c5ccccc5n34)ccc12. The van der Waals surface area contributed by atoms with Crippen molar-refractivity contribution in [2.24, 2.45) is 7.05 Å². The fourth-order valence-corrected chi connectivity index (χ4v) is 3.91. The van der Waals surface area contributed by atoms with Crippen LogP contribution in [-0.2, 0) is 20.1 Å². The van der Waals surface area contributed by atoms with Gasteiger partial charge in [-0.05, 0) is 36.2 Å². The highest BCUT2D eigenvalue weighted by atomic mass is 16.5. The topological polar surface area (TPSA) is 91.6 Å². The molecule has 0 bridgehead atoms. The predicted octanol–water partition coefficient (Wildman–Crippen LogP) is 3.22. The first-order valence-electron chi connectivity index (χ1n) is 10.1. The maximum absolute atomic E-state index is 12.6. The second-order valence-electron chi connectivity index (χ2n) is 7.42. The molecule has 2 aromatic carbocycles. The lowest BCUT2D eigenvalue weighted by atomic mass is 10.1. The van der Waals surface area contributed by atoms with Gasteiger partial charge in [-0.2, -0.15) is 0 Å². The Balaban J connectivity index is 1.54. The van der Waals surface area contributed by atoms with Gasteiger partial charge in [-0.1, -0.05) is 25.5 Å². The summed E-state index contributed by atoms with van der Waals surface area (Å²) < 4.78 is 14.6. The van der Waals surface area contributed by atoms with E-state index < -0.39 is 0 Å². The summed E-state index contributed by atoms with van der Waals surface area (Å²) in [6.45, 7) is 2.20. The number of fused-ring (bicyclic) bond motifs is 4. The molecular weight excluding hydrogens is 396 g/mol. The van der Waals surface area contributed by atoms with Crippen LogP contribution in [0.25, 0.3) is 27.6 Å². The number of aromatic nitrogens is 4. The lowest BCUT2D eigenvalue weighted by molar-refractivity contribution is 0.295. The molecule has 0 atom stereocenters. The molecule has 8 nitrogen and oxygen atoms in total. The summed E-state index contributed by atoms with van der Waals surface area (Å²) in [5.74, 6) is 1.55. The molecule has 0 amide bonds. The number of ether oxygens (including phenoxy) is 1. The first kappa shape index (κ1) is 19.0. The number of para-hydroxylation sites is 1. The Morgan fingerprint density at radius 3 is 2.71 bits per heavy atom. The molecule has 156 valence electrons. The van der Waals surface area contributed by atoms with E-state index in [1.165, 1.54) is 4.57 Å². The zero-order valence-corrected chi connectivity index (χ0v) is 17.2. The normalized spacial score (nSPS) is 11.5. The maximum Gasteiger partial charge on any atom is 0.336 e. The Hall–Kier alpha value is -3.94. The minimum absolute atomic E-state index is 0.129. The van der Waals surface area contributed by atoms with Crippen LogP contribution in [0.4, 0.5) is 0 Å². The molecular formula is C23H20N4O4. The van der Waals surface area contributed by atoms with Crippen LogP contribution in [0.5, 0.6) is 5.75 Å². The van der Waals surface area contributed by atoms with Crippen molar-refractivity contribution in [1.82, 2.24) is 19.2 Å². The Bertz CT molecular complexity index is 1560. The quantitative estimate of drug-likeness (QED) is 0.409. The third kappa shape index (κ3) is 3.16. The molecule has 3 aromatic heterocycles. The molecule has 0 saturated heterocycles. The summed E-state index contributed by atoms with van der Waals surface area (Å²) in [5.41, 5.74) is 1.68. The summed E-state index contributed by atoms with van der Waals surface area (Å²) in [5, 5.41) is 9.89. The second-order valence-corrected chi connectivity index (χ2v) is 7.42. The summed E-state index contributed by atoms with van der Waals surface area (Å²) >= 11 is 0. The van der Waals surface area contributed by atoms with Crippen molar-refractivity contribution in [3.8, 4) is 5.75 Å². The van der Waals surface area contributed by atoms with E-state index in [-0.39, 0.29) is 17.8 Å². The van der Waals surface area contributed by atoms with Crippen molar-refractivity contribution in [2.45, 2.75) is 26.4 Å². The van der Waals surface area contributed by atoms with Crippen LogP contribution >= 0.6 is 0 Å². The van der Waals surface area contributed by atoms with Crippen LogP contribution < -0.4 is 15.9 Å². The van der Waals surface area contributed by atoms with Gasteiger partial charge in [0.05, 0.1) is 10.9 Å². The molecule has 0 aliphatic carbocycles. The molecule has 0 aliphatic rings. The van der Waals surface area contributed by atoms with Gasteiger partial charge in [0.2, 0.25) is 5.78 Å². The number of benzene rings is 2. The van der Waals surface area contributed by atoms with Gasteiger partial charge < -0.3 is 9.15 Å². The van der Waals surface area contributed by atoms with Crippen LogP contribution in [0.1, 0.15) is 24.7 Å². The first-order chi connectivity index (χ1) is 15.1. The second kappa shape index (κ2) is 7.39. The number of nitrogens with zero attached hydrogens (tertiary/aromatic N) is 4. The Morgan fingerprint density at radius 2 is 1.87 bits per heavy atom. The molecule has 31 heavy (non-hydrogen) atoms. The number of aryl methyl sites for hydroxylation is 2. The van der Waals surface area contributed by atoms with Crippen molar-refractivity contribution >= 4 is 27.6 Å². The molecule has 0 N–H and O–H groups in total. The van der Waals surface area contributed by atoms with Gasteiger partial charge in [0.1, 0.15) is 17.9 Å². The van der Waals surface area contributed by atoms with E-state index in [9.17, 15) is 9.59 Å². The summed E-state index contributed by atoms with van der Waals surface area (Å²) in [4.78, 5) is 24.5. The molecule has 5 aromatic rings. The first-order valence-corrected chi connectivity index (χ1v) is 10.1. The standard InChI is InChI=1S/C23H20N4O4/c1-3-6-14-11-21(28)31-19-12-15(9-10-16(14)19)30-13-20-24-25-23-26(2)22(29)17-7-4-5-8-18(17)27(20)23/h4-5,7-12H,3,6,13H2,1-2H3. The van der Waals surface area contributed by atoms with Gasteiger partial charge in [-0.15, -0.1) is 10.2 Å². The fraction of sp³-hybridized carbons (Fsp3) is 0.217. The minimum Gasteiger partial charge on any atom is -0.485 e. The van der Waals surface area contributed by atoms with Crippen molar-refractivity contribution in [1.29, 1.82) is 0 Å². The van der Waals surface area contributed by atoms with E-state index in [1.807, 2.05) is 34.7 Å². The van der Waals surface area contributed by atoms with Crippen LogP contribution in [0.15, 0.2) is 62.5 Å². The molecule has 8 heteroatoms. The van der Waals surface area contributed by atoms with Crippen molar-refractivity contribution in [3.05, 3.63) is 80.7 Å². The predicted molar refractivity (Wildman–Crippen MR) is 117 cm³/mol. The van der Waals surface area contributed by atoms with Gasteiger partial charge in [0.15, 0.2) is 5.82 Å². The van der Waals surface area contributed by atoms with Gasteiger partial charge in [-0.25, -0.2) is 4.79 Å². The van der Waals surface area contributed by atoms with Crippen LogP contribution in [0.3, 0.4) is 0 Å².